The quantitative estimate of drug-likeness (QED) is 0.888. The molecule has 114 valence electrons. The number of carbonyl (C=O) groups is 1. The summed E-state index contributed by atoms with van der Waals surface area (Å²) in [6.45, 7) is 5.17. The summed E-state index contributed by atoms with van der Waals surface area (Å²) in [4.78, 5) is 16.0. The Morgan fingerprint density at radius 3 is 2.95 bits per heavy atom. The average Bonchev–Trinajstić information content (AvgIpc) is 2.80. The molecule has 3 rings (SSSR count). The minimum atomic E-state index is 0.0000745. The number of nitrogens with one attached hydrogen (secondary N) is 1. The Kier molecular flexibility index (Phi) is 4.06. The van der Waals surface area contributed by atoms with Gasteiger partial charge in [0.05, 0.1) is 6.04 Å². The van der Waals surface area contributed by atoms with E-state index in [-0.39, 0.29) is 24.2 Å². The second kappa shape index (κ2) is 5.83. The van der Waals surface area contributed by atoms with E-state index >= 15 is 0 Å². The molecular weight excluding hydrogens is 288 g/mol. The van der Waals surface area contributed by atoms with Crippen LogP contribution in [0.3, 0.4) is 0 Å². The Hall–Kier alpha value is -1.30. The molecule has 2 heterocycles. The van der Waals surface area contributed by atoms with Crippen LogP contribution >= 0.6 is 11.6 Å². The molecule has 0 bridgehead atoms. The zero-order chi connectivity index (χ0) is 15.0. The molecule has 2 saturated heterocycles. The maximum absolute atomic E-state index is 11.7. The third-order valence-electron chi connectivity index (χ3n) is 4.35. The summed E-state index contributed by atoms with van der Waals surface area (Å²) in [5.41, 5.74) is 7.38. The summed E-state index contributed by atoms with van der Waals surface area (Å²) in [5.74, 6) is 0. The van der Waals surface area contributed by atoms with E-state index < -0.39 is 0 Å². The largest absolute Gasteiger partial charge is 0.336 e. The van der Waals surface area contributed by atoms with Crippen molar-refractivity contribution in [3.05, 3.63) is 34.9 Å². The minimum absolute atomic E-state index is 0.0000745. The molecule has 0 spiro atoms. The highest BCUT2D eigenvalue weighted by atomic mass is 35.5. The van der Waals surface area contributed by atoms with Gasteiger partial charge in [-0.15, -0.1) is 0 Å². The monoisotopic (exact) mass is 308 g/mol. The van der Waals surface area contributed by atoms with Crippen LogP contribution < -0.4 is 11.1 Å². The Morgan fingerprint density at radius 2 is 2.24 bits per heavy atom. The first-order valence-corrected chi connectivity index (χ1v) is 7.73. The third-order valence-corrected chi connectivity index (χ3v) is 4.58. The molecule has 6 heteroatoms. The fraction of sp³-hybridized carbons (Fsp3) is 0.533. The van der Waals surface area contributed by atoms with E-state index in [4.69, 9.17) is 17.3 Å². The van der Waals surface area contributed by atoms with Crippen molar-refractivity contribution in [2.45, 2.75) is 25.0 Å². The molecule has 0 aromatic heterocycles. The van der Waals surface area contributed by atoms with Crippen LogP contribution in [0.5, 0.6) is 0 Å². The van der Waals surface area contributed by atoms with Gasteiger partial charge in [0.15, 0.2) is 0 Å². The smallest absolute Gasteiger partial charge is 0.317 e. The lowest BCUT2D eigenvalue weighted by Gasteiger charge is -2.42. The van der Waals surface area contributed by atoms with Gasteiger partial charge in [0.25, 0.3) is 0 Å². The molecule has 2 aliphatic rings. The third kappa shape index (κ3) is 2.86. The van der Waals surface area contributed by atoms with Crippen LogP contribution in [0.2, 0.25) is 5.02 Å². The summed E-state index contributed by atoms with van der Waals surface area (Å²) in [6.07, 6.45) is 0. The maximum Gasteiger partial charge on any atom is 0.317 e. The van der Waals surface area contributed by atoms with E-state index in [1.807, 2.05) is 30.0 Å². The highest BCUT2D eigenvalue weighted by Gasteiger charge is 2.38. The molecule has 5 nitrogen and oxygen atoms in total. The molecule has 2 amide bonds. The van der Waals surface area contributed by atoms with Gasteiger partial charge < -0.3 is 16.0 Å². The number of hydrogen-bond donors (Lipinski definition) is 2. The van der Waals surface area contributed by atoms with E-state index in [9.17, 15) is 4.79 Å². The molecule has 2 aliphatic heterocycles. The zero-order valence-corrected chi connectivity index (χ0v) is 12.9. The van der Waals surface area contributed by atoms with Gasteiger partial charge in [-0.3, -0.25) is 4.90 Å². The molecule has 3 unspecified atom stereocenters. The minimum Gasteiger partial charge on any atom is -0.336 e. The van der Waals surface area contributed by atoms with E-state index in [1.54, 1.807) is 0 Å². The summed E-state index contributed by atoms with van der Waals surface area (Å²) in [6, 6.07) is 8.32. The maximum atomic E-state index is 11.7. The molecule has 0 radical (unpaired) electrons. The highest BCUT2D eigenvalue weighted by Crippen LogP contribution is 2.28. The number of carbonyl (C=O) groups excluding carboxylic acids is 1. The van der Waals surface area contributed by atoms with Gasteiger partial charge in [-0.1, -0.05) is 23.7 Å². The van der Waals surface area contributed by atoms with Crippen LogP contribution in [-0.4, -0.2) is 54.1 Å². The lowest BCUT2D eigenvalue weighted by molar-refractivity contribution is 0.0795. The molecule has 1 aromatic carbocycles. The normalized spacial score (nSPS) is 25.4. The Morgan fingerprint density at radius 1 is 1.43 bits per heavy atom. The fourth-order valence-corrected chi connectivity index (χ4v) is 3.62. The van der Waals surface area contributed by atoms with Crippen molar-refractivity contribution in [2.75, 3.05) is 26.2 Å². The van der Waals surface area contributed by atoms with Crippen molar-refractivity contribution in [1.82, 2.24) is 15.1 Å². The number of nitrogens with zero attached hydrogens (tertiary/aromatic N) is 2. The molecule has 3 atom stereocenters. The van der Waals surface area contributed by atoms with Gasteiger partial charge in [-0.25, -0.2) is 4.79 Å². The van der Waals surface area contributed by atoms with Crippen LogP contribution in [0.25, 0.3) is 0 Å². The van der Waals surface area contributed by atoms with Crippen LogP contribution in [0.4, 0.5) is 4.79 Å². The summed E-state index contributed by atoms with van der Waals surface area (Å²) in [7, 11) is 0. The van der Waals surface area contributed by atoms with Crippen molar-refractivity contribution in [3.8, 4) is 0 Å². The van der Waals surface area contributed by atoms with Crippen molar-refractivity contribution in [2.24, 2.45) is 5.73 Å². The lowest BCUT2D eigenvalue weighted by atomic mass is 9.97. The van der Waals surface area contributed by atoms with Gasteiger partial charge in [0.2, 0.25) is 0 Å². The molecule has 0 aliphatic carbocycles. The second-order valence-corrected chi connectivity index (χ2v) is 6.32. The molecular formula is C15H21ClN4O. The Balaban J connectivity index is 1.81. The van der Waals surface area contributed by atoms with Crippen molar-refractivity contribution in [3.63, 3.8) is 0 Å². The lowest BCUT2D eigenvalue weighted by Crippen LogP contribution is -2.55. The van der Waals surface area contributed by atoms with Crippen LogP contribution in [-0.2, 0) is 0 Å². The van der Waals surface area contributed by atoms with Gasteiger partial charge in [-0.2, -0.15) is 0 Å². The summed E-state index contributed by atoms with van der Waals surface area (Å²) in [5, 5.41) is 3.64. The topological polar surface area (TPSA) is 61.6 Å². The fourth-order valence-electron chi connectivity index (χ4n) is 3.42. The van der Waals surface area contributed by atoms with E-state index in [1.165, 1.54) is 0 Å². The highest BCUT2D eigenvalue weighted by molar-refractivity contribution is 6.30. The van der Waals surface area contributed by atoms with Gasteiger partial charge in [0.1, 0.15) is 0 Å². The first-order chi connectivity index (χ1) is 10.1. The predicted octanol–water partition coefficient (Wildman–Crippen LogP) is 1.44. The first-order valence-electron chi connectivity index (χ1n) is 7.36. The van der Waals surface area contributed by atoms with Gasteiger partial charge in [-0.05, 0) is 24.6 Å². The molecule has 2 fully saturated rings. The number of amides is 2. The Labute approximate surface area is 130 Å². The zero-order valence-electron chi connectivity index (χ0n) is 12.1. The van der Waals surface area contributed by atoms with E-state index in [0.29, 0.717) is 0 Å². The number of fused-ring (bicyclic) bond motifs is 1. The molecule has 3 N–H and O–H groups in total. The van der Waals surface area contributed by atoms with E-state index in [0.717, 1.165) is 36.8 Å². The van der Waals surface area contributed by atoms with Gasteiger partial charge in [0, 0.05) is 43.3 Å². The van der Waals surface area contributed by atoms with Crippen molar-refractivity contribution in [1.29, 1.82) is 0 Å². The van der Waals surface area contributed by atoms with Gasteiger partial charge >= 0.3 is 6.03 Å². The number of benzene rings is 1. The predicted molar refractivity (Wildman–Crippen MR) is 83.3 cm³/mol. The van der Waals surface area contributed by atoms with E-state index in [2.05, 4.69) is 16.3 Å². The number of halogens is 1. The Bertz CT molecular complexity index is 536. The SMILES string of the molecule is CC(N)C(c1cccc(Cl)c1)N1CCN2C(=O)NCC2C1. The number of hydrogen-bond acceptors (Lipinski definition) is 3. The number of rotatable bonds is 3. The molecule has 0 saturated carbocycles. The van der Waals surface area contributed by atoms with Crippen molar-refractivity contribution < 1.29 is 4.79 Å². The summed E-state index contributed by atoms with van der Waals surface area (Å²) >= 11 is 6.12. The summed E-state index contributed by atoms with van der Waals surface area (Å²) < 4.78 is 0. The number of piperazine rings is 1. The average molecular weight is 309 g/mol. The molecule has 1 aromatic rings. The first kappa shape index (κ1) is 14.6. The van der Waals surface area contributed by atoms with Crippen LogP contribution in [0.15, 0.2) is 24.3 Å². The standard InChI is InChI=1S/C15H21ClN4O/c1-10(17)14(11-3-2-4-12(16)7-11)19-5-6-20-13(9-19)8-18-15(20)21/h2-4,7,10,13-14H,5-6,8-9,17H2,1H3,(H,18,21). The molecule has 21 heavy (non-hydrogen) atoms. The number of nitrogens with two attached hydrogens (primary N) is 1. The van der Waals surface area contributed by atoms with Crippen molar-refractivity contribution >= 4 is 17.6 Å². The van der Waals surface area contributed by atoms with Crippen LogP contribution in [0.1, 0.15) is 18.5 Å². The number of urea groups is 1. The van der Waals surface area contributed by atoms with Crippen LogP contribution in [0, 0.1) is 0 Å². The second-order valence-electron chi connectivity index (χ2n) is 5.89.